The fraction of sp³-hybridized carbons (Fsp3) is 0.933. The third kappa shape index (κ3) is 8.68. The third-order valence-electron chi connectivity index (χ3n) is 3.93. The molecule has 8 nitrogen and oxygen atoms in total. The van der Waals surface area contributed by atoms with Crippen LogP contribution in [0.25, 0.3) is 0 Å². The van der Waals surface area contributed by atoms with E-state index in [0.717, 1.165) is 12.2 Å². The van der Waals surface area contributed by atoms with Crippen molar-refractivity contribution in [3.8, 4) is 0 Å². The van der Waals surface area contributed by atoms with Gasteiger partial charge in [0.05, 0.1) is 0 Å². The van der Waals surface area contributed by atoms with Crippen LogP contribution in [0.2, 0.25) is 6.04 Å². The van der Waals surface area contributed by atoms with Crippen molar-refractivity contribution in [3.05, 3.63) is 0 Å². The molecular formula is C15H33NO7S2Si. The normalized spacial score (nSPS) is 13.7. The van der Waals surface area contributed by atoms with Gasteiger partial charge in [0, 0.05) is 45.1 Å². The van der Waals surface area contributed by atoms with Crippen molar-refractivity contribution >= 4 is 36.6 Å². The zero-order chi connectivity index (χ0) is 20.6. The van der Waals surface area contributed by atoms with Crippen molar-refractivity contribution in [1.29, 1.82) is 0 Å². The molecular weight excluding hydrogens is 398 g/mol. The topological polar surface area (TPSA) is 111 Å². The number of carbonyl (C=O) groups is 1. The van der Waals surface area contributed by atoms with E-state index in [1.54, 1.807) is 33.1 Å². The number of rotatable bonds is 13. The Labute approximate surface area is 162 Å². The lowest BCUT2D eigenvalue weighted by Gasteiger charge is -2.28. The first-order valence-electron chi connectivity index (χ1n) is 8.25. The highest BCUT2D eigenvalue weighted by atomic mass is 32.2. The number of hydrogen-bond donors (Lipinski definition) is 2. The predicted molar refractivity (Wildman–Crippen MR) is 106 cm³/mol. The second-order valence-corrected chi connectivity index (χ2v) is 13.5. The van der Waals surface area contributed by atoms with Crippen molar-refractivity contribution in [1.82, 2.24) is 5.32 Å². The summed E-state index contributed by atoms with van der Waals surface area (Å²) in [5, 5.41) is 2.82. The zero-order valence-corrected chi connectivity index (χ0v) is 19.4. The lowest BCUT2D eigenvalue weighted by atomic mass is 10.1. The first kappa shape index (κ1) is 25.8. The predicted octanol–water partition coefficient (Wildman–Crippen LogP) is 1.94. The standard InChI is InChI=1S/C15H33NO7S2Si/c1-14(2,16-13(17)11-15(3,4)25(18,19)20)12-24-9-8-10-26(21-5,22-6)23-7/h8-12H2,1-7H3,(H,16,17)(H,18,19,20). The average molecular weight is 432 g/mol. The maximum absolute atomic E-state index is 12.1. The largest absolute Gasteiger partial charge is 0.500 e. The molecule has 0 heterocycles. The van der Waals surface area contributed by atoms with E-state index < -0.39 is 35.1 Å². The second-order valence-electron chi connectivity index (χ2n) is 7.30. The van der Waals surface area contributed by atoms with Crippen molar-refractivity contribution in [2.45, 2.75) is 56.9 Å². The molecule has 0 spiro atoms. The van der Waals surface area contributed by atoms with Crippen LogP contribution in [-0.2, 0) is 28.2 Å². The fourth-order valence-corrected chi connectivity index (χ4v) is 5.58. The van der Waals surface area contributed by atoms with E-state index in [0.29, 0.717) is 11.8 Å². The zero-order valence-electron chi connectivity index (χ0n) is 16.7. The number of nitrogens with one attached hydrogen (secondary N) is 1. The number of carbonyl (C=O) groups excluding carboxylic acids is 1. The van der Waals surface area contributed by atoms with Gasteiger partial charge in [0.15, 0.2) is 0 Å². The first-order valence-corrected chi connectivity index (χ1v) is 12.8. The molecule has 0 aromatic rings. The second kappa shape index (κ2) is 10.4. The summed E-state index contributed by atoms with van der Waals surface area (Å²) in [4.78, 5) is 12.1. The molecule has 0 unspecified atom stereocenters. The summed E-state index contributed by atoms with van der Waals surface area (Å²) < 4.78 is 46.4. The molecule has 0 aliphatic heterocycles. The van der Waals surface area contributed by atoms with Gasteiger partial charge >= 0.3 is 8.80 Å². The molecule has 0 rings (SSSR count). The van der Waals surface area contributed by atoms with Crippen molar-refractivity contribution in [2.24, 2.45) is 0 Å². The molecule has 0 saturated carbocycles. The molecule has 0 aromatic carbocycles. The van der Waals surface area contributed by atoms with Crippen molar-refractivity contribution in [2.75, 3.05) is 32.8 Å². The molecule has 0 aliphatic carbocycles. The minimum absolute atomic E-state index is 0.302. The van der Waals surface area contributed by atoms with E-state index in [9.17, 15) is 17.8 Å². The lowest BCUT2D eigenvalue weighted by molar-refractivity contribution is -0.122. The maximum Gasteiger partial charge on any atom is 0.500 e. The molecule has 11 heteroatoms. The van der Waals surface area contributed by atoms with Crippen LogP contribution in [0.3, 0.4) is 0 Å². The highest BCUT2D eigenvalue weighted by molar-refractivity contribution is 7.99. The molecule has 156 valence electrons. The molecule has 26 heavy (non-hydrogen) atoms. The van der Waals surface area contributed by atoms with Gasteiger partial charge in [-0.25, -0.2) is 0 Å². The van der Waals surface area contributed by atoms with Gasteiger partial charge in [-0.3, -0.25) is 9.35 Å². The van der Waals surface area contributed by atoms with Crippen molar-refractivity contribution in [3.63, 3.8) is 0 Å². The summed E-state index contributed by atoms with van der Waals surface area (Å²) in [6.45, 7) is 6.39. The summed E-state index contributed by atoms with van der Waals surface area (Å²) in [6, 6.07) is 0.707. The van der Waals surface area contributed by atoms with E-state index in [1.807, 2.05) is 13.8 Å². The highest BCUT2D eigenvalue weighted by Gasteiger charge is 2.37. The van der Waals surface area contributed by atoms with Crippen LogP contribution < -0.4 is 5.32 Å². The number of hydrogen-bond acceptors (Lipinski definition) is 7. The molecule has 1 amide bonds. The Morgan fingerprint density at radius 3 is 2.04 bits per heavy atom. The molecule has 0 aromatic heterocycles. The number of thioether (sulfide) groups is 1. The maximum atomic E-state index is 12.1. The van der Waals surface area contributed by atoms with Gasteiger partial charge in [0.1, 0.15) is 4.75 Å². The van der Waals surface area contributed by atoms with Gasteiger partial charge in [-0.1, -0.05) is 0 Å². The van der Waals surface area contributed by atoms with Crippen LogP contribution in [0.5, 0.6) is 0 Å². The quantitative estimate of drug-likeness (QED) is 0.258. The molecule has 2 N–H and O–H groups in total. The van der Waals surface area contributed by atoms with E-state index in [4.69, 9.17) is 13.3 Å². The monoisotopic (exact) mass is 431 g/mol. The SMILES string of the molecule is CO[Si](CCCSCC(C)(C)NC(=O)CC(C)(C)S(=O)(=O)O)(OC)OC. The average Bonchev–Trinajstić information content (AvgIpc) is 2.49. The summed E-state index contributed by atoms with van der Waals surface area (Å²) in [5.74, 6) is 1.09. The highest BCUT2D eigenvalue weighted by Crippen LogP contribution is 2.22. The molecule has 0 bridgehead atoms. The van der Waals surface area contributed by atoms with Crippen LogP contribution >= 0.6 is 11.8 Å². The van der Waals surface area contributed by atoms with Gasteiger partial charge in [-0.05, 0) is 39.9 Å². The molecule has 0 saturated heterocycles. The van der Waals surface area contributed by atoms with E-state index >= 15 is 0 Å². The lowest BCUT2D eigenvalue weighted by Crippen LogP contribution is -2.48. The van der Waals surface area contributed by atoms with Gasteiger partial charge in [-0.15, -0.1) is 0 Å². The molecule has 0 atom stereocenters. The molecule has 0 radical (unpaired) electrons. The Morgan fingerprint density at radius 2 is 1.62 bits per heavy atom. The Kier molecular flexibility index (Phi) is 10.3. The summed E-state index contributed by atoms with van der Waals surface area (Å²) in [6.07, 6.45) is 0.551. The minimum atomic E-state index is -4.30. The van der Waals surface area contributed by atoms with Gasteiger partial charge in [0.2, 0.25) is 5.91 Å². The van der Waals surface area contributed by atoms with Crippen LogP contribution in [0.15, 0.2) is 0 Å². The number of amides is 1. The fourth-order valence-electron chi connectivity index (χ4n) is 2.21. The Morgan fingerprint density at radius 1 is 1.12 bits per heavy atom. The first-order chi connectivity index (χ1) is 11.7. The van der Waals surface area contributed by atoms with Gasteiger partial charge in [-0.2, -0.15) is 20.2 Å². The minimum Gasteiger partial charge on any atom is -0.377 e. The van der Waals surface area contributed by atoms with Gasteiger partial charge < -0.3 is 18.6 Å². The Bertz CT molecular complexity index is 540. The van der Waals surface area contributed by atoms with Crippen LogP contribution in [0, 0.1) is 0 Å². The van der Waals surface area contributed by atoms with Crippen LogP contribution in [-0.4, -0.2) is 70.8 Å². The third-order valence-corrected chi connectivity index (χ3v) is 9.81. The summed E-state index contributed by atoms with van der Waals surface area (Å²) in [7, 11) is -2.10. The molecule has 0 fully saturated rings. The van der Waals surface area contributed by atoms with Gasteiger partial charge in [0.25, 0.3) is 10.1 Å². The van der Waals surface area contributed by atoms with E-state index in [1.165, 1.54) is 13.8 Å². The smallest absolute Gasteiger partial charge is 0.377 e. The van der Waals surface area contributed by atoms with Crippen LogP contribution in [0.4, 0.5) is 0 Å². The summed E-state index contributed by atoms with van der Waals surface area (Å²) >= 11 is 1.67. The van der Waals surface area contributed by atoms with Crippen LogP contribution in [0.1, 0.15) is 40.5 Å². The Balaban J connectivity index is 4.37. The van der Waals surface area contributed by atoms with E-state index in [-0.39, 0.29) is 6.42 Å². The van der Waals surface area contributed by atoms with E-state index in [2.05, 4.69) is 5.32 Å². The summed E-state index contributed by atoms with van der Waals surface area (Å²) in [5.41, 5.74) is -0.505. The molecule has 0 aliphatic rings. The van der Waals surface area contributed by atoms with Crippen molar-refractivity contribution < 1.29 is 31.0 Å². The Hall–Kier alpha value is -0.173.